The molecule has 0 saturated heterocycles. The van der Waals surface area contributed by atoms with Crippen molar-refractivity contribution in [3.63, 3.8) is 0 Å². The number of nitrogens with one attached hydrogen (secondary N) is 3. The van der Waals surface area contributed by atoms with Crippen LogP contribution in [0, 0.1) is 17.0 Å². The molecule has 1 aliphatic heterocycles. The van der Waals surface area contributed by atoms with Crippen molar-refractivity contribution in [3.05, 3.63) is 71.6 Å². The Bertz CT molecular complexity index is 1130. The second-order valence-electron chi connectivity index (χ2n) is 7.64. The van der Waals surface area contributed by atoms with Crippen molar-refractivity contribution in [1.82, 2.24) is 10.2 Å². The van der Waals surface area contributed by atoms with Crippen molar-refractivity contribution in [2.75, 3.05) is 17.5 Å². The van der Waals surface area contributed by atoms with E-state index in [0.717, 1.165) is 23.6 Å². The molecule has 0 aromatic heterocycles. The van der Waals surface area contributed by atoms with Crippen LogP contribution in [0.4, 0.5) is 14.5 Å². The van der Waals surface area contributed by atoms with E-state index in [9.17, 15) is 13.6 Å². The summed E-state index contributed by atoms with van der Waals surface area (Å²) >= 11 is 1.49. The van der Waals surface area contributed by atoms with Gasteiger partial charge >= 0.3 is 0 Å². The molecule has 0 spiro atoms. The van der Waals surface area contributed by atoms with Gasteiger partial charge in [0.25, 0.3) is 5.91 Å². The second kappa shape index (κ2) is 10.5. The normalized spacial score (nSPS) is 15.2. The number of nitrogens with zero attached hydrogens (tertiary/aromatic N) is 1. The van der Waals surface area contributed by atoms with Gasteiger partial charge in [0.15, 0.2) is 11.6 Å². The van der Waals surface area contributed by atoms with Gasteiger partial charge in [0, 0.05) is 54.1 Å². The summed E-state index contributed by atoms with van der Waals surface area (Å²) in [6.07, 6.45) is 3.09. The molecule has 3 rings (SSSR count). The number of likely N-dealkylation sites (N-methyl/N-ethyl adjacent to an activating group) is 1. The molecule has 9 heteroatoms. The van der Waals surface area contributed by atoms with Gasteiger partial charge in [-0.15, -0.1) is 0 Å². The first kappa shape index (κ1) is 24.3. The molecule has 33 heavy (non-hydrogen) atoms. The molecule has 1 amide bonds. The molecule has 0 fully saturated rings. The molecule has 174 valence electrons. The zero-order valence-corrected chi connectivity index (χ0v) is 19.6. The van der Waals surface area contributed by atoms with Gasteiger partial charge in [-0.05, 0) is 44.2 Å². The topological polar surface area (TPSA) is 77.5 Å². The third-order valence-electron chi connectivity index (χ3n) is 4.69. The summed E-state index contributed by atoms with van der Waals surface area (Å²) in [5.41, 5.74) is 1.87. The van der Waals surface area contributed by atoms with Crippen LogP contribution in [0.5, 0.6) is 11.5 Å². The summed E-state index contributed by atoms with van der Waals surface area (Å²) in [7, 11) is 1.60. The lowest BCUT2D eigenvalue weighted by molar-refractivity contribution is -0.123. The van der Waals surface area contributed by atoms with Gasteiger partial charge in [-0.1, -0.05) is 18.9 Å². The van der Waals surface area contributed by atoms with Crippen molar-refractivity contribution in [2.45, 2.75) is 26.8 Å². The molecule has 0 radical (unpaired) electrons. The number of hydrogen-bond acceptors (Lipinski definition) is 6. The highest BCUT2D eigenvalue weighted by Gasteiger charge is 2.29. The Hall–Kier alpha value is -3.33. The molecule has 0 unspecified atom stereocenters. The van der Waals surface area contributed by atoms with Gasteiger partial charge in [-0.2, -0.15) is 0 Å². The van der Waals surface area contributed by atoms with E-state index in [4.69, 9.17) is 10.1 Å². The van der Waals surface area contributed by atoms with E-state index in [1.807, 2.05) is 20.8 Å². The largest absolute Gasteiger partial charge is 0.454 e. The van der Waals surface area contributed by atoms with Crippen molar-refractivity contribution < 1.29 is 18.3 Å². The van der Waals surface area contributed by atoms with Crippen molar-refractivity contribution >= 4 is 34.8 Å². The fourth-order valence-corrected chi connectivity index (χ4v) is 3.51. The number of halogens is 2. The maximum Gasteiger partial charge on any atom is 0.261 e. The van der Waals surface area contributed by atoms with Crippen LogP contribution in [0.15, 0.2) is 54.4 Å². The second-order valence-corrected chi connectivity index (χ2v) is 8.71. The Labute approximate surface area is 196 Å². The zero-order valence-electron chi connectivity index (χ0n) is 18.8. The molecule has 1 aliphatic rings. The van der Waals surface area contributed by atoms with Gasteiger partial charge in [0.05, 0.1) is 11.3 Å². The van der Waals surface area contributed by atoms with Gasteiger partial charge in [-0.25, -0.2) is 8.78 Å². The van der Waals surface area contributed by atoms with Crippen molar-refractivity contribution in [3.8, 4) is 11.5 Å². The Balaban J connectivity index is 2.09. The fourth-order valence-electron chi connectivity index (χ4n) is 3.07. The number of rotatable bonds is 8. The summed E-state index contributed by atoms with van der Waals surface area (Å²) in [6.45, 7) is 5.86. The minimum absolute atomic E-state index is 0.0102. The van der Waals surface area contributed by atoms with Crippen LogP contribution in [-0.4, -0.2) is 35.4 Å². The van der Waals surface area contributed by atoms with E-state index < -0.39 is 11.6 Å². The maximum absolute atomic E-state index is 14.3. The van der Waals surface area contributed by atoms with Gasteiger partial charge < -0.3 is 19.7 Å². The van der Waals surface area contributed by atoms with Gasteiger partial charge in [-0.3, -0.25) is 10.2 Å². The Morgan fingerprint density at radius 1 is 1.18 bits per heavy atom. The standard InChI is InChI=1S/C24H26F2N4O2S/c1-5-33-29-16-7-9-21(32-22-8-6-15(25)10-20(22)26)17(11-16)19-13-30(4)24(31)18(23(19)27)12-28-14(2)3/h6-14,27-29H,5H2,1-4H3/b18-12+,27-23?. The smallest absolute Gasteiger partial charge is 0.261 e. The first-order chi connectivity index (χ1) is 15.7. The first-order valence-corrected chi connectivity index (χ1v) is 11.4. The lowest BCUT2D eigenvalue weighted by atomic mass is 9.92. The lowest BCUT2D eigenvalue weighted by Gasteiger charge is -2.26. The van der Waals surface area contributed by atoms with Crippen LogP contribution in [0.3, 0.4) is 0 Å². The third-order valence-corrected chi connectivity index (χ3v) is 5.36. The predicted octanol–water partition coefficient (Wildman–Crippen LogP) is 5.55. The van der Waals surface area contributed by atoms with E-state index in [1.165, 1.54) is 29.1 Å². The Morgan fingerprint density at radius 3 is 2.58 bits per heavy atom. The van der Waals surface area contributed by atoms with Crippen molar-refractivity contribution in [1.29, 1.82) is 5.41 Å². The van der Waals surface area contributed by atoms with E-state index in [2.05, 4.69) is 10.0 Å². The molecule has 0 atom stereocenters. The third kappa shape index (κ3) is 5.73. The number of carbonyl (C=O) groups is 1. The summed E-state index contributed by atoms with van der Waals surface area (Å²) in [5, 5.41) is 11.8. The minimum Gasteiger partial charge on any atom is -0.454 e. The van der Waals surface area contributed by atoms with E-state index in [0.29, 0.717) is 11.1 Å². The number of amides is 1. The molecule has 6 nitrogen and oxygen atoms in total. The Morgan fingerprint density at radius 2 is 1.91 bits per heavy atom. The van der Waals surface area contributed by atoms with Crippen LogP contribution in [-0.2, 0) is 4.79 Å². The quantitative estimate of drug-likeness (QED) is 0.347. The number of hydrogen-bond donors (Lipinski definition) is 3. The number of carbonyl (C=O) groups excluding carboxylic acids is 1. The molecule has 0 bridgehead atoms. The zero-order chi connectivity index (χ0) is 24.1. The van der Waals surface area contributed by atoms with Crippen LogP contribution in [0.2, 0.25) is 0 Å². The van der Waals surface area contributed by atoms with E-state index in [-0.39, 0.29) is 34.7 Å². The van der Waals surface area contributed by atoms with Crippen LogP contribution < -0.4 is 14.8 Å². The number of benzene rings is 2. The molecule has 1 heterocycles. The SMILES string of the molecule is CCSNc1ccc(Oc2ccc(F)cc2F)c(C2=CN(C)C(=O)/C(=C/NC(C)C)C2=N)c1. The molecule has 3 N–H and O–H groups in total. The van der Waals surface area contributed by atoms with E-state index >= 15 is 0 Å². The van der Waals surface area contributed by atoms with Crippen LogP contribution >= 0.6 is 11.9 Å². The highest BCUT2D eigenvalue weighted by Crippen LogP contribution is 2.37. The first-order valence-electron chi connectivity index (χ1n) is 10.4. The molecular weight excluding hydrogens is 446 g/mol. The molecule has 2 aromatic rings. The number of anilines is 1. The summed E-state index contributed by atoms with van der Waals surface area (Å²) in [4.78, 5) is 14.1. The number of ether oxygens (including phenoxy) is 1. The average Bonchev–Trinajstić information content (AvgIpc) is 2.77. The molecular formula is C24H26F2N4O2S. The van der Waals surface area contributed by atoms with Crippen LogP contribution in [0.25, 0.3) is 5.57 Å². The lowest BCUT2D eigenvalue weighted by Crippen LogP contribution is -2.34. The summed E-state index contributed by atoms with van der Waals surface area (Å²) < 4.78 is 36.6. The average molecular weight is 473 g/mol. The molecule has 0 aliphatic carbocycles. The van der Waals surface area contributed by atoms with Gasteiger partial charge in [0.1, 0.15) is 11.6 Å². The maximum atomic E-state index is 14.3. The highest BCUT2D eigenvalue weighted by atomic mass is 32.2. The predicted molar refractivity (Wildman–Crippen MR) is 129 cm³/mol. The van der Waals surface area contributed by atoms with E-state index in [1.54, 1.807) is 31.4 Å². The number of allylic oxidation sites excluding steroid dienone is 1. The monoisotopic (exact) mass is 472 g/mol. The van der Waals surface area contributed by atoms with Gasteiger partial charge in [0.2, 0.25) is 0 Å². The molecule has 0 saturated carbocycles. The summed E-state index contributed by atoms with van der Waals surface area (Å²) in [5.74, 6) is -0.919. The van der Waals surface area contributed by atoms with Crippen LogP contribution in [0.1, 0.15) is 26.3 Å². The molecule has 2 aromatic carbocycles. The summed E-state index contributed by atoms with van der Waals surface area (Å²) in [6, 6.07) is 8.34. The Kier molecular flexibility index (Phi) is 7.75. The minimum atomic E-state index is -0.841. The van der Waals surface area contributed by atoms with Crippen molar-refractivity contribution in [2.24, 2.45) is 0 Å². The fraction of sp³-hybridized carbons (Fsp3) is 0.250. The highest BCUT2D eigenvalue weighted by molar-refractivity contribution is 8.00.